The molecule has 0 fully saturated rings. The van der Waals surface area contributed by atoms with Crippen LogP contribution in [0.25, 0.3) is 11.1 Å². The normalized spacial score (nSPS) is 11.0. The Balaban J connectivity index is 2.55. The van der Waals surface area contributed by atoms with E-state index in [9.17, 15) is 23.3 Å². The number of benzene rings is 2. The van der Waals surface area contributed by atoms with Crippen molar-refractivity contribution >= 4 is 27.4 Å². The minimum absolute atomic E-state index is 0.226. The minimum atomic E-state index is -3.47. The Labute approximate surface area is 131 Å². The fraction of sp³-hybridized carbons (Fsp3) is 0.0714. The monoisotopic (exact) mass is 336 g/mol. The topological polar surface area (TPSA) is 127 Å². The molecule has 0 heterocycles. The van der Waals surface area contributed by atoms with Gasteiger partial charge in [-0.1, -0.05) is 12.1 Å². The number of hydrogen-bond acceptors (Lipinski definition) is 5. The van der Waals surface area contributed by atoms with Gasteiger partial charge >= 0.3 is 5.97 Å². The molecule has 2 aromatic carbocycles. The summed E-state index contributed by atoms with van der Waals surface area (Å²) < 4.78 is 24.8. The molecule has 0 amide bonds. The highest BCUT2D eigenvalue weighted by Gasteiger charge is 2.15. The van der Waals surface area contributed by atoms with Crippen LogP contribution in [-0.4, -0.2) is 30.7 Å². The molecular formula is C14H12N2O6S. The number of carbonyl (C=O) groups is 1. The van der Waals surface area contributed by atoms with Gasteiger partial charge in [0.25, 0.3) is 5.69 Å². The van der Waals surface area contributed by atoms with E-state index in [-0.39, 0.29) is 16.9 Å². The fourth-order valence-corrected chi connectivity index (χ4v) is 2.54. The fourth-order valence-electron chi connectivity index (χ4n) is 1.98. The second kappa shape index (κ2) is 6.05. The summed E-state index contributed by atoms with van der Waals surface area (Å²) in [7, 11) is -3.47. The molecule has 0 aliphatic carbocycles. The maximum atomic E-state index is 11.3. The standard InChI is InChI=1S/C14H12N2O6S/c1-23(21,22)15-12-4-2-3-9(6-12)10-5-11(14(17)18)8-13(7-10)16(19)20/h2-8,15H,1H3,(H,17,18). The third kappa shape index (κ3) is 4.27. The number of hydrogen-bond donors (Lipinski definition) is 2. The molecule has 23 heavy (non-hydrogen) atoms. The lowest BCUT2D eigenvalue weighted by Crippen LogP contribution is -2.09. The Hall–Kier alpha value is -2.94. The van der Waals surface area contributed by atoms with E-state index < -0.39 is 20.9 Å². The molecule has 2 rings (SSSR count). The molecule has 0 radical (unpaired) electrons. The van der Waals surface area contributed by atoms with Crippen molar-refractivity contribution in [3.8, 4) is 11.1 Å². The minimum Gasteiger partial charge on any atom is -0.478 e. The number of nitrogens with one attached hydrogen (secondary N) is 1. The largest absolute Gasteiger partial charge is 0.478 e. The first-order valence-electron chi connectivity index (χ1n) is 6.27. The second-order valence-electron chi connectivity index (χ2n) is 4.79. The van der Waals surface area contributed by atoms with Gasteiger partial charge in [-0.2, -0.15) is 0 Å². The first-order valence-corrected chi connectivity index (χ1v) is 8.16. The number of nitro groups is 1. The molecule has 0 spiro atoms. The highest BCUT2D eigenvalue weighted by Crippen LogP contribution is 2.28. The Morgan fingerprint density at radius 3 is 2.43 bits per heavy atom. The Morgan fingerprint density at radius 1 is 1.17 bits per heavy atom. The van der Waals surface area contributed by atoms with E-state index in [1.54, 1.807) is 12.1 Å². The van der Waals surface area contributed by atoms with Gasteiger partial charge in [-0.05, 0) is 29.3 Å². The molecule has 0 aromatic heterocycles. The SMILES string of the molecule is CS(=O)(=O)Nc1cccc(-c2cc(C(=O)O)cc([N+](=O)[O-])c2)c1. The number of anilines is 1. The summed E-state index contributed by atoms with van der Waals surface area (Å²) >= 11 is 0. The molecule has 0 aliphatic heterocycles. The summed E-state index contributed by atoms with van der Waals surface area (Å²) in [5.41, 5.74) is 0.434. The van der Waals surface area contributed by atoms with E-state index in [0.29, 0.717) is 11.1 Å². The van der Waals surface area contributed by atoms with Crippen LogP contribution in [0.15, 0.2) is 42.5 Å². The molecule has 0 bridgehead atoms. The highest BCUT2D eigenvalue weighted by atomic mass is 32.2. The van der Waals surface area contributed by atoms with Gasteiger partial charge in [0.2, 0.25) is 10.0 Å². The summed E-state index contributed by atoms with van der Waals surface area (Å²) in [5, 5.41) is 20.0. The van der Waals surface area contributed by atoms with Gasteiger partial charge in [0.05, 0.1) is 16.7 Å². The van der Waals surface area contributed by atoms with Crippen LogP contribution < -0.4 is 4.72 Å². The van der Waals surface area contributed by atoms with Crippen LogP contribution in [0.1, 0.15) is 10.4 Å². The third-order valence-electron chi connectivity index (χ3n) is 2.87. The summed E-state index contributed by atoms with van der Waals surface area (Å²) in [6, 6.07) is 9.61. The molecule has 0 atom stereocenters. The number of nitrogens with zero attached hydrogens (tertiary/aromatic N) is 1. The Kier molecular flexibility index (Phi) is 4.32. The quantitative estimate of drug-likeness (QED) is 0.637. The average molecular weight is 336 g/mol. The van der Waals surface area contributed by atoms with Crippen molar-refractivity contribution in [2.75, 3.05) is 11.0 Å². The van der Waals surface area contributed by atoms with Gasteiger partial charge in [0.1, 0.15) is 0 Å². The van der Waals surface area contributed by atoms with E-state index in [1.165, 1.54) is 24.3 Å². The van der Waals surface area contributed by atoms with Crippen molar-refractivity contribution in [2.45, 2.75) is 0 Å². The number of carboxylic acid groups (broad SMARTS) is 1. The van der Waals surface area contributed by atoms with Crippen LogP contribution in [0.2, 0.25) is 0 Å². The van der Waals surface area contributed by atoms with Gasteiger partial charge in [-0.3, -0.25) is 14.8 Å². The second-order valence-corrected chi connectivity index (χ2v) is 6.53. The third-order valence-corrected chi connectivity index (χ3v) is 3.48. The lowest BCUT2D eigenvalue weighted by atomic mass is 10.0. The van der Waals surface area contributed by atoms with E-state index in [1.807, 2.05) is 0 Å². The van der Waals surface area contributed by atoms with Gasteiger partial charge in [0.15, 0.2) is 0 Å². The lowest BCUT2D eigenvalue weighted by molar-refractivity contribution is -0.384. The smallest absolute Gasteiger partial charge is 0.335 e. The van der Waals surface area contributed by atoms with Crippen molar-refractivity contribution in [3.63, 3.8) is 0 Å². The zero-order chi connectivity index (χ0) is 17.2. The number of sulfonamides is 1. The predicted molar refractivity (Wildman–Crippen MR) is 84.0 cm³/mol. The van der Waals surface area contributed by atoms with E-state index in [4.69, 9.17) is 5.11 Å². The molecule has 0 saturated carbocycles. The van der Waals surface area contributed by atoms with E-state index in [2.05, 4.69) is 4.72 Å². The Bertz CT molecular complexity index is 860. The molecule has 2 N–H and O–H groups in total. The van der Waals surface area contributed by atoms with Gasteiger partial charge in [0, 0.05) is 17.8 Å². The first kappa shape index (κ1) is 16.4. The molecule has 120 valence electrons. The van der Waals surface area contributed by atoms with Crippen LogP contribution in [-0.2, 0) is 10.0 Å². The van der Waals surface area contributed by atoms with E-state index in [0.717, 1.165) is 12.3 Å². The Morgan fingerprint density at radius 2 is 1.87 bits per heavy atom. The van der Waals surface area contributed by atoms with Crippen molar-refractivity contribution in [2.24, 2.45) is 0 Å². The van der Waals surface area contributed by atoms with Gasteiger partial charge in [-0.25, -0.2) is 13.2 Å². The van der Waals surface area contributed by atoms with Crippen molar-refractivity contribution in [1.82, 2.24) is 0 Å². The highest BCUT2D eigenvalue weighted by molar-refractivity contribution is 7.92. The van der Waals surface area contributed by atoms with Crippen LogP contribution in [0.4, 0.5) is 11.4 Å². The summed E-state index contributed by atoms with van der Waals surface area (Å²) in [6.45, 7) is 0. The number of carboxylic acids is 1. The van der Waals surface area contributed by atoms with E-state index >= 15 is 0 Å². The molecule has 2 aromatic rings. The molecule has 0 unspecified atom stereocenters. The van der Waals surface area contributed by atoms with Crippen molar-refractivity contribution in [1.29, 1.82) is 0 Å². The van der Waals surface area contributed by atoms with Crippen LogP contribution in [0, 0.1) is 10.1 Å². The molecule has 9 heteroatoms. The van der Waals surface area contributed by atoms with Crippen LogP contribution in [0.5, 0.6) is 0 Å². The number of rotatable bonds is 5. The zero-order valence-corrected chi connectivity index (χ0v) is 12.7. The van der Waals surface area contributed by atoms with Gasteiger partial charge < -0.3 is 5.11 Å². The maximum Gasteiger partial charge on any atom is 0.335 e. The first-order chi connectivity index (χ1) is 10.7. The van der Waals surface area contributed by atoms with Crippen LogP contribution >= 0.6 is 0 Å². The number of nitro benzene ring substituents is 1. The summed E-state index contributed by atoms with van der Waals surface area (Å²) in [4.78, 5) is 21.3. The summed E-state index contributed by atoms with van der Waals surface area (Å²) in [6.07, 6.45) is 0.996. The van der Waals surface area contributed by atoms with Crippen molar-refractivity contribution in [3.05, 3.63) is 58.1 Å². The molecular weight excluding hydrogens is 324 g/mol. The predicted octanol–water partition coefficient (Wildman–Crippen LogP) is 2.33. The number of non-ortho nitro benzene ring substituents is 1. The summed E-state index contributed by atoms with van der Waals surface area (Å²) in [5.74, 6) is -1.29. The number of aromatic carboxylic acids is 1. The van der Waals surface area contributed by atoms with Crippen LogP contribution in [0.3, 0.4) is 0 Å². The molecule has 0 aliphatic rings. The average Bonchev–Trinajstić information content (AvgIpc) is 2.45. The van der Waals surface area contributed by atoms with Gasteiger partial charge in [-0.15, -0.1) is 0 Å². The maximum absolute atomic E-state index is 11.3. The lowest BCUT2D eigenvalue weighted by Gasteiger charge is -2.08. The molecule has 0 saturated heterocycles. The molecule has 8 nitrogen and oxygen atoms in total. The zero-order valence-electron chi connectivity index (χ0n) is 11.9. The van der Waals surface area contributed by atoms with Crippen molar-refractivity contribution < 1.29 is 23.2 Å².